The molecule has 0 aliphatic heterocycles. The lowest BCUT2D eigenvalue weighted by molar-refractivity contribution is 0.123. The van der Waals surface area contributed by atoms with Gasteiger partial charge in [0.05, 0.1) is 5.52 Å². The Labute approximate surface area is 127 Å². The highest BCUT2D eigenvalue weighted by Gasteiger charge is 2.36. The molecule has 0 atom stereocenters. The summed E-state index contributed by atoms with van der Waals surface area (Å²) in [5, 5.41) is 1.19. The van der Waals surface area contributed by atoms with Crippen LogP contribution in [0, 0.1) is 0 Å². The summed E-state index contributed by atoms with van der Waals surface area (Å²) in [5.41, 5.74) is 2.38. The summed E-state index contributed by atoms with van der Waals surface area (Å²) in [6.45, 7) is 0. The summed E-state index contributed by atoms with van der Waals surface area (Å²) in [4.78, 5) is 4.40. The van der Waals surface area contributed by atoms with E-state index in [0.29, 0.717) is 0 Å². The largest absolute Gasteiger partial charge is 0.500 e. The first kappa shape index (κ1) is 16.1. The van der Waals surface area contributed by atoms with E-state index in [1.54, 1.807) is 21.3 Å². The highest BCUT2D eigenvalue weighted by atomic mass is 28.4. The molecule has 2 rings (SSSR count). The molecule has 5 heteroatoms. The molecule has 0 N–H and O–H groups in total. The summed E-state index contributed by atoms with van der Waals surface area (Å²) < 4.78 is 16.3. The molecule has 0 amide bonds. The Morgan fingerprint density at radius 1 is 1.00 bits per heavy atom. The Balaban J connectivity index is 1.87. The van der Waals surface area contributed by atoms with Crippen molar-refractivity contribution in [2.45, 2.75) is 25.3 Å². The van der Waals surface area contributed by atoms with Gasteiger partial charge in [-0.2, -0.15) is 0 Å². The van der Waals surface area contributed by atoms with Crippen molar-refractivity contribution in [1.29, 1.82) is 0 Å². The van der Waals surface area contributed by atoms with Crippen molar-refractivity contribution < 1.29 is 13.3 Å². The summed E-state index contributed by atoms with van der Waals surface area (Å²) in [5.74, 6) is 0. The van der Waals surface area contributed by atoms with E-state index in [1.165, 1.54) is 10.9 Å². The lowest BCUT2D eigenvalue weighted by atomic mass is 10.1. The topological polar surface area (TPSA) is 40.6 Å². The standard InChI is InChI=1S/C16H23NO3Si/c1-18-21(19-2,20-3)12-5-4-7-14-9-10-15-8-6-11-17-16(15)13-14/h6,8-11,13H,4-5,7,12H2,1-3H3. The molecule has 0 unspecified atom stereocenters. The van der Waals surface area contributed by atoms with E-state index < -0.39 is 8.80 Å². The average Bonchev–Trinajstić information content (AvgIpc) is 2.55. The van der Waals surface area contributed by atoms with Gasteiger partial charge in [-0.1, -0.05) is 18.2 Å². The van der Waals surface area contributed by atoms with Crippen molar-refractivity contribution in [2.75, 3.05) is 21.3 Å². The SMILES string of the molecule is CO[Si](CCCCc1ccc2cccnc2c1)(OC)OC. The Hall–Kier alpha value is -1.27. The monoisotopic (exact) mass is 305 g/mol. The molecule has 0 saturated heterocycles. The van der Waals surface area contributed by atoms with Gasteiger partial charge in [0, 0.05) is 39.0 Å². The van der Waals surface area contributed by atoms with Crippen molar-refractivity contribution in [1.82, 2.24) is 4.98 Å². The van der Waals surface area contributed by atoms with Gasteiger partial charge in [-0.05, 0) is 37.0 Å². The Kier molecular flexibility index (Phi) is 5.87. The highest BCUT2D eigenvalue weighted by Crippen LogP contribution is 2.19. The van der Waals surface area contributed by atoms with E-state index >= 15 is 0 Å². The molecule has 0 aliphatic rings. The molecule has 0 aliphatic carbocycles. The molecule has 4 nitrogen and oxygen atoms in total. The first-order chi connectivity index (χ1) is 10.2. The number of fused-ring (bicyclic) bond motifs is 1. The van der Waals surface area contributed by atoms with Crippen LogP contribution in [0.15, 0.2) is 36.5 Å². The lowest BCUT2D eigenvalue weighted by Gasteiger charge is -2.24. The number of hydrogen-bond donors (Lipinski definition) is 0. The first-order valence-corrected chi connectivity index (χ1v) is 9.15. The molecule has 1 heterocycles. The van der Waals surface area contributed by atoms with Crippen LogP contribution in [-0.4, -0.2) is 35.1 Å². The predicted molar refractivity (Wildman–Crippen MR) is 86.3 cm³/mol. The smallest absolute Gasteiger partial charge is 0.377 e. The molecule has 0 fully saturated rings. The second-order valence-electron chi connectivity index (χ2n) is 5.03. The predicted octanol–water partition coefficient (Wildman–Crippen LogP) is 3.44. The van der Waals surface area contributed by atoms with Crippen molar-refractivity contribution in [3.63, 3.8) is 0 Å². The van der Waals surface area contributed by atoms with Crippen LogP contribution in [0.2, 0.25) is 6.04 Å². The van der Waals surface area contributed by atoms with Crippen LogP contribution in [0.25, 0.3) is 10.9 Å². The minimum atomic E-state index is -2.41. The summed E-state index contributed by atoms with van der Waals surface area (Å²) >= 11 is 0. The van der Waals surface area contributed by atoms with E-state index in [0.717, 1.165) is 30.8 Å². The van der Waals surface area contributed by atoms with Gasteiger partial charge in [0.2, 0.25) is 0 Å². The second kappa shape index (κ2) is 7.65. The van der Waals surface area contributed by atoms with Gasteiger partial charge < -0.3 is 13.3 Å². The molecule has 0 saturated carbocycles. The van der Waals surface area contributed by atoms with Crippen molar-refractivity contribution in [2.24, 2.45) is 0 Å². The molecule has 114 valence electrons. The third-order valence-corrected chi connectivity index (χ3v) is 6.63. The molecular weight excluding hydrogens is 282 g/mol. The van der Waals surface area contributed by atoms with Gasteiger partial charge in [-0.15, -0.1) is 0 Å². The molecule has 0 spiro atoms. The van der Waals surface area contributed by atoms with Crippen molar-refractivity contribution in [3.05, 3.63) is 42.1 Å². The van der Waals surface area contributed by atoms with E-state index in [1.807, 2.05) is 12.3 Å². The zero-order chi connectivity index (χ0) is 15.1. The summed E-state index contributed by atoms with van der Waals surface area (Å²) in [7, 11) is 2.57. The number of rotatable bonds is 8. The molecule has 0 bridgehead atoms. The fourth-order valence-corrected chi connectivity index (χ4v) is 4.29. The van der Waals surface area contributed by atoms with E-state index in [9.17, 15) is 0 Å². The number of aryl methyl sites for hydroxylation is 1. The van der Waals surface area contributed by atoms with Crippen LogP contribution in [0.3, 0.4) is 0 Å². The van der Waals surface area contributed by atoms with E-state index in [4.69, 9.17) is 13.3 Å². The third-order valence-electron chi connectivity index (χ3n) is 3.80. The zero-order valence-electron chi connectivity index (χ0n) is 13.0. The van der Waals surface area contributed by atoms with Gasteiger partial charge >= 0.3 is 8.80 Å². The minimum absolute atomic E-state index is 0.850. The summed E-state index contributed by atoms with van der Waals surface area (Å²) in [6.07, 6.45) is 4.99. The van der Waals surface area contributed by atoms with Gasteiger partial charge in [0.1, 0.15) is 0 Å². The molecular formula is C16H23NO3Si. The number of hydrogen-bond acceptors (Lipinski definition) is 4. The zero-order valence-corrected chi connectivity index (χ0v) is 14.0. The quantitative estimate of drug-likeness (QED) is 0.553. The van der Waals surface area contributed by atoms with Crippen LogP contribution in [0.5, 0.6) is 0 Å². The summed E-state index contributed by atoms with van der Waals surface area (Å²) in [6, 6.07) is 11.4. The molecule has 1 aromatic carbocycles. The van der Waals surface area contributed by atoms with Crippen molar-refractivity contribution in [3.8, 4) is 0 Å². The van der Waals surface area contributed by atoms with E-state index in [-0.39, 0.29) is 0 Å². The van der Waals surface area contributed by atoms with Gasteiger partial charge in [0.15, 0.2) is 0 Å². The number of aromatic nitrogens is 1. The van der Waals surface area contributed by atoms with Crippen molar-refractivity contribution >= 4 is 19.7 Å². The van der Waals surface area contributed by atoms with Crippen LogP contribution in [-0.2, 0) is 19.7 Å². The van der Waals surface area contributed by atoms with Crippen LogP contribution >= 0.6 is 0 Å². The Morgan fingerprint density at radius 3 is 2.48 bits per heavy atom. The number of pyridine rings is 1. The maximum absolute atomic E-state index is 5.43. The van der Waals surface area contributed by atoms with Crippen LogP contribution < -0.4 is 0 Å². The lowest BCUT2D eigenvalue weighted by Crippen LogP contribution is -2.42. The second-order valence-corrected chi connectivity index (χ2v) is 8.12. The number of nitrogens with zero attached hydrogens (tertiary/aromatic N) is 1. The fraction of sp³-hybridized carbons (Fsp3) is 0.438. The first-order valence-electron chi connectivity index (χ1n) is 7.22. The fourth-order valence-electron chi connectivity index (χ4n) is 2.49. The number of benzene rings is 1. The van der Waals surface area contributed by atoms with Crippen LogP contribution in [0.1, 0.15) is 18.4 Å². The Bertz CT molecular complexity index is 564. The normalized spacial score (nSPS) is 12.0. The molecule has 2 aromatic rings. The maximum atomic E-state index is 5.43. The van der Waals surface area contributed by atoms with E-state index in [2.05, 4.69) is 29.2 Å². The Morgan fingerprint density at radius 2 is 1.76 bits per heavy atom. The van der Waals surface area contributed by atoms with Gasteiger partial charge in [0.25, 0.3) is 0 Å². The number of unbranched alkanes of at least 4 members (excludes halogenated alkanes) is 1. The van der Waals surface area contributed by atoms with Gasteiger partial charge in [-0.25, -0.2) is 0 Å². The molecule has 21 heavy (non-hydrogen) atoms. The molecule has 0 radical (unpaired) electrons. The average molecular weight is 305 g/mol. The van der Waals surface area contributed by atoms with Crippen LogP contribution in [0.4, 0.5) is 0 Å². The minimum Gasteiger partial charge on any atom is -0.377 e. The molecule has 1 aromatic heterocycles. The van der Waals surface area contributed by atoms with Gasteiger partial charge in [-0.3, -0.25) is 4.98 Å². The highest BCUT2D eigenvalue weighted by molar-refractivity contribution is 6.60. The maximum Gasteiger partial charge on any atom is 0.500 e. The third kappa shape index (κ3) is 4.10.